The summed E-state index contributed by atoms with van der Waals surface area (Å²) in [6.07, 6.45) is 3.00. The molecule has 0 atom stereocenters. The minimum atomic E-state index is -0.587. The van der Waals surface area contributed by atoms with E-state index >= 15 is 0 Å². The summed E-state index contributed by atoms with van der Waals surface area (Å²) in [5.74, 6) is -1.02. The van der Waals surface area contributed by atoms with Gasteiger partial charge in [-0.25, -0.2) is 4.39 Å². The summed E-state index contributed by atoms with van der Waals surface area (Å²) >= 11 is 0. The molecule has 16 heavy (non-hydrogen) atoms. The first-order valence-electron chi connectivity index (χ1n) is 5.21. The van der Waals surface area contributed by atoms with E-state index in [0.29, 0.717) is 5.56 Å². The zero-order chi connectivity index (χ0) is 11.5. The molecule has 1 aromatic rings. The van der Waals surface area contributed by atoms with Gasteiger partial charge in [0.1, 0.15) is 5.82 Å². The highest BCUT2D eigenvalue weighted by molar-refractivity contribution is 5.95. The van der Waals surface area contributed by atoms with E-state index in [0.717, 1.165) is 25.3 Å². The summed E-state index contributed by atoms with van der Waals surface area (Å²) in [5, 5.41) is 11.4. The number of amides is 1. The number of rotatable bonds is 2. The lowest BCUT2D eigenvalue weighted by atomic mass is 9.93. The molecule has 1 aliphatic carbocycles. The summed E-state index contributed by atoms with van der Waals surface area (Å²) in [7, 11) is 0. The molecule has 0 aliphatic heterocycles. The van der Waals surface area contributed by atoms with E-state index in [-0.39, 0.29) is 11.6 Å². The van der Waals surface area contributed by atoms with E-state index in [1.807, 2.05) is 6.07 Å². The largest absolute Gasteiger partial charge is 0.349 e. The Labute approximate surface area is 92.9 Å². The highest BCUT2D eigenvalue weighted by Crippen LogP contribution is 2.19. The van der Waals surface area contributed by atoms with E-state index < -0.39 is 11.7 Å². The summed E-state index contributed by atoms with van der Waals surface area (Å²) in [6.45, 7) is 0. The van der Waals surface area contributed by atoms with Gasteiger partial charge in [0.15, 0.2) is 0 Å². The molecule has 0 spiro atoms. The third kappa shape index (κ3) is 2.03. The first kappa shape index (κ1) is 10.6. The molecule has 3 nitrogen and oxygen atoms in total. The molecular formula is C12H11FN2O. The van der Waals surface area contributed by atoms with Crippen molar-refractivity contribution in [3.63, 3.8) is 0 Å². The Hall–Kier alpha value is -1.89. The van der Waals surface area contributed by atoms with Gasteiger partial charge in [0.05, 0.1) is 17.2 Å². The second kappa shape index (κ2) is 4.31. The maximum absolute atomic E-state index is 13.4. The number of carbonyl (C=O) groups excluding carboxylic acids is 1. The molecule has 2 rings (SSSR count). The van der Waals surface area contributed by atoms with Crippen LogP contribution in [-0.4, -0.2) is 11.9 Å². The first-order chi connectivity index (χ1) is 7.70. The summed E-state index contributed by atoms with van der Waals surface area (Å²) in [6, 6.07) is 5.83. The lowest BCUT2D eigenvalue weighted by molar-refractivity contribution is 0.0913. The molecule has 1 N–H and O–H groups in total. The quantitative estimate of drug-likeness (QED) is 0.825. The highest BCUT2D eigenvalue weighted by atomic mass is 19.1. The van der Waals surface area contributed by atoms with Crippen LogP contribution in [0.25, 0.3) is 0 Å². The zero-order valence-corrected chi connectivity index (χ0v) is 8.66. The summed E-state index contributed by atoms with van der Waals surface area (Å²) in [4.78, 5) is 11.7. The minimum absolute atomic E-state index is 0.0500. The maximum Gasteiger partial charge on any atom is 0.254 e. The van der Waals surface area contributed by atoms with Gasteiger partial charge < -0.3 is 5.32 Å². The van der Waals surface area contributed by atoms with E-state index in [9.17, 15) is 9.18 Å². The van der Waals surface area contributed by atoms with Crippen molar-refractivity contribution >= 4 is 5.91 Å². The van der Waals surface area contributed by atoms with Gasteiger partial charge >= 0.3 is 0 Å². The van der Waals surface area contributed by atoms with Crippen molar-refractivity contribution < 1.29 is 9.18 Å². The number of nitrogens with one attached hydrogen (secondary N) is 1. The zero-order valence-electron chi connectivity index (χ0n) is 8.66. The third-order valence-electron chi connectivity index (χ3n) is 2.78. The van der Waals surface area contributed by atoms with Gasteiger partial charge in [-0.05, 0) is 37.5 Å². The average molecular weight is 218 g/mol. The van der Waals surface area contributed by atoms with E-state index in [1.54, 1.807) is 0 Å². The number of halogens is 1. The average Bonchev–Trinajstić information content (AvgIpc) is 2.24. The molecule has 82 valence electrons. The fraction of sp³-hybridized carbons (Fsp3) is 0.333. The van der Waals surface area contributed by atoms with Crippen molar-refractivity contribution in [2.75, 3.05) is 0 Å². The first-order valence-corrected chi connectivity index (χ1v) is 5.21. The monoisotopic (exact) mass is 218 g/mol. The lowest BCUT2D eigenvalue weighted by Gasteiger charge is -2.26. The summed E-state index contributed by atoms with van der Waals surface area (Å²) in [5.41, 5.74) is 0.242. The predicted octanol–water partition coefficient (Wildman–Crippen LogP) is 1.98. The Balaban J connectivity index is 2.18. The molecule has 0 radical (unpaired) electrons. The lowest BCUT2D eigenvalue weighted by Crippen LogP contribution is -2.39. The Morgan fingerprint density at radius 3 is 2.81 bits per heavy atom. The van der Waals surface area contributed by atoms with Crippen LogP contribution in [0.3, 0.4) is 0 Å². The van der Waals surface area contributed by atoms with Gasteiger partial charge in [-0.3, -0.25) is 4.79 Å². The normalized spacial score (nSPS) is 15.0. The second-order valence-electron chi connectivity index (χ2n) is 3.91. The molecule has 0 unspecified atom stereocenters. The van der Waals surface area contributed by atoms with Gasteiger partial charge in [-0.15, -0.1) is 0 Å². The number of benzene rings is 1. The highest BCUT2D eigenvalue weighted by Gasteiger charge is 2.21. The molecule has 0 aromatic heterocycles. The van der Waals surface area contributed by atoms with Crippen molar-refractivity contribution in [1.29, 1.82) is 5.26 Å². The van der Waals surface area contributed by atoms with Crippen LogP contribution in [0.5, 0.6) is 0 Å². The number of hydrogen-bond acceptors (Lipinski definition) is 2. The molecule has 0 saturated heterocycles. The van der Waals surface area contributed by atoms with Crippen LogP contribution in [0.1, 0.15) is 35.2 Å². The van der Waals surface area contributed by atoms with E-state index in [4.69, 9.17) is 5.26 Å². The molecule has 1 saturated carbocycles. The third-order valence-corrected chi connectivity index (χ3v) is 2.78. The van der Waals surface area contributed by atoms with Gasteiger partial charge in [0.25, 0.3) is 5.91 Å². The Morgan fingerprint density at radius 2 is 2.25 bits per heavy atom. The molecule has 4 heteroatoms. The van der Waals surface area contributed by atoms with Crippen molar-refractivity contribution in [2.24, 2.45) is 0 Å². The standard InChI is InChI=1S/C12H11FN2O/c13-11-5-4-8(7-14)6-10(11)12(16)15-9-2-1-3-9/h4-6,9H,1-3H2,(H,15,16). The van der Waals surface area contributed by atoms with Gasteiger partial charge in [-0.1, -0.05) is 0 Å². The van der Waals surface area contributed by atoms with Gasteiger partial charge in [0, 0.05) is 6.04 Å². The van der Waals surface area contributed by atoms with Crippen LogP contribution in [0.15, 0.2) is 18.2 Å². The second-order valence-corrected chi connectivity index (χ2v) is 3.91. The summed E-state index contributed by atoms with van der Waals surface area (Å²) < 4.78 is 13.4. The van der Waals surface area contributed by atoms with Crippen molar-refractivity contribution in [3.8, 4) is 6.07 Å². The number of nitrogens with zero attached hydrogens (tertiary/aromatic N) is 1. The van der Waals surface area contributed by atoms with Gasteiger partial charge in [0.2, 0.25) is 0 Å². The van der Waals surface area contributed by atoms with Crippen LogP contribution in [0.4, 0.5) is 4.39 Å². The Morgan fingerprint density at radius 1 is 1.50 bits per heavy atom. The number of carbonyl (C=O) groups is 1. The Bertz CT molecular complexity index is 461. The van der Waals surface area contributed by atoms with Crippen LogP contribution in [-0.2, 0) is 0 Å². The Kier molecular flexibility index (Phi) is 2.86. The van der Waals surface area contributed by atoms with Crippen LogP contribution < -0.4 is 5.32 Å². The number of hydrogen-bond donors (Lipinski definition) is 1. The topological polar surface area (TPSA) is 52.9 Å². The molecule has 0 heterocycles. The molecule has 1 fully saturated rings. The van der Waals surface area contributed by atoms with Crippen LogP contribution in [0.2, 0.25) is 0 Å². The molecule has 0 bridgehead atoms. The molecule has 1 aromatic carbocycles. The molecule has 1 aliphatic rings. The van der Waals surface area contributed by atoms with E-state index in [2.05, 4.69) is 5.32 Å². The number of nitriles is 1. The smallest absolute Gasteiger partial charge is 0.254 e. The molecule has 1 amide bonds. The van der Waals surface area contributed by atoms with E-state index in [1.165, 1.54) is 12.1 Å². The fourth-order valence-corrected chi connectivity index (χ4v) is 1.58. The molecular weight excluding hydrogens is 207 g/mol. The van der Waals surface area contributed by atoms with Crippen molar-refractivity contribution in [1.82, 2.24) is 5.32 Å². The van der Waals surface area contributed by atoms with Crippen LogP contribution >= 0.6 is 0 Å². The minimum Gasteiger partial charge on any atom is -0.349 e. The van der Waals surface area contributed by atoms with Crippen molar-refractivity contribution in [3.05, 3.63) is 35.1 Å². The SMILES string of the molecule is N#Cc1ccc(F)c(C(=O)NC2CCC2)c1. The predicted molar refractivity (Wildman–Crippen MR) is 56.2 cm³/mol. The van der Waals surface area contributed by atoms with Gasteiger partial charge in [-0.2, -0.15) is 5.26 Å². The van der Waals surface area contributed by atoms with Crippen LogP contribution in [0, 0.1) is 17.1 Å². The fourth-order valence-electron chi connectivity index (χ4n) is 1.58. The van der Waals surface area contributed by atoms with Crippen molar-refractivity contribution in [2.45, 2.75) is 25.3 Å². The maximum atomic E-state index is 13.4.